The molecular formula is C8H6Cl2N2O. The number of carbonyl (C=O) groups excluding carboxylic acids is 1. The van der Waals surface area contributed by atoms with Crippen molar-refractivity contribution in [3.05, 3.63) is 35.0 Å². The molecule has 13 heavy (non-hydrogen) atoms. The first kappa shape index (κ1) is 10.0. The fourth-order valence-electron chi connectivity index (χ4n) is 0.657. The zero-order chi connectivity index (χ0) is 9.84. The standard InChI is InChI=1S/C8H6Cl2N2O/c1-5(9)8(13)12-7-4-6(10)2-3-11-7/h2-4H,1H2,(H,11,12,13). The van der Waals surface area contributed by atoms with Gasteiger partial charge in [-0.1, -0.05) is 29.8 Å². The van der Waals surface area contributed by atoms with Crippen LogP contribution >= 0.6 is 23.2 Å². The van der Waals surface area contributed by atoms with E-state index in [2.05, 4.69) is 16.9 Å². The Morgan fingerprint density at radius 1 is 1.62 bits per heavy atom. The highest BCUT2D eigenvalue weighted by Gasteiger charge is 2.04. The molecular weight excluding hydrogens is 211 g/mol. The molecule has 0 radical (unpaired) electrons. The highest BCUT2D eigenvalue weighted by atomic mass is 35.5. The van der Waals surface area contributed by atoms with Crippen LogP contribution in [0.1, 0.15) is 0 Å². The zero-order valence-corrected chi connectivity index (χ0v) is 8.06. The smallest absolute Gasteiger partial charge is 0.267 e. The van der Waals surface area contributed by atoms with Crippen molar-refractivity contribution in [2.24, 2.45) is 0 Å². The Morgan fingerprint density at radius 3 is 2.85 bits per heavy atom. The number of amides is 1. The first-order valence-electron chi connectivity index (χ1n) is 3.37. The summed E-state index contributed by atoms with van der Waals surface area (Å²) < 4.78 is 0. The van der Waals surface area contributed by atoms with E-state index < -0.39 is 5.91 Å². The lowest BCUT2D eigenvalue weighted by Gasteiger charge is -2.01. The van der Waals surface area contributed by atoms with Crippen LogP contribution in [0.3, 0.4) is 0 Å². The van der Waals surface area contributed by atoms with Gasteiger partial charge in [0.15, 0.2) is 0 Å². The SMILES string of the molecule is C=C(Cl)C(=O)Nc1cc(Cl)ccn1. The maximum atomic E-state index is 11.0. The molecule has 5 heteroatoms. The Labute approximate surface area is 85.4 Å². The quantitative estimate of drug-likeness (QED) is 0.773. The van der Waals surface area contributed by atoms with Crippen molar-refractivity contribution in [1.29, 1.82) is 0 Å². The second-order valence-corrected chi connectivity index (χ2v) is 3.11. The van der Waals surface area contributed by atoms with Crippen LogP contribution < -0.4 is 5.32 Å². The van der Waals surface area contributed by atoms with Gasteiger partial charge in [-0.05, 0) is 12.1 Å². The maximum Gasteiger partial charge on any atom is 0.267 e. The highest BCUT2D eigenvalue weighted by Crippen LogP contribution is 2.12. The third kappa shape index (κ3) is 3.05. The number of aromatic nitrogens is 1. The first-order valence-corrected chi connectivity index (χ1v) is 4.12. The van der Waals surface area contributed by atoms with Crippen molar-refractivity contribution in [2.75, 3.05) is 5.32 Å². The maximum absolute atomic E-state index is 11.0. The monoisotopic (exact) mass is 216 g/mol. The minimum absolute atomic E-state index is 0.0956. The lowest BCUT2D eigenvalue weighted by atomic mass is 10.4. The molecule has 0 aliphatic heterocycles. The number of nitrogens with zero attached hydrogens (tertiary/aromatic N) is 1. The molecule has 1 heterocycles. The van der Waals surface area contributed by atoms with Crippen molar-refractivity contribution >= 4 is 34.9 Å². The van der Waals surface area contributed by atoms with E-state index in [9.17, 15) is 4.79 Å². The number of rotatable bonds is 2. The van der Waals surface area contributed by atoms with Gasteiger partial charge in [0.2, 0.25) is 0 Å². The van der Waals surface area contributed by atoms with Gasteiger partial charge in [-0.3, -0.25) is 4.79 Å². The van der Waals surface area contributed by atoms with Crippen molar-refractivity contribution in [3.8, 4) is 0 Å². The van der Waals surface area contributed by atoms with Crippen molar-refractivity contribution < 1.29 is 4.79 Å². The highest BCUT2D eigenvalue weighted by molar-refractivity contribution is 6.43. The molecule has 0 aliphatic carbocycles. The molecule has 0 atom stereocenters. The number of nitrogens with one attached hydrogen (secondary N) is 1. The number of pyridine rings is 1. The fraction of sp³-hybridized carbons (Fsp3) is 0. The molecule has 68 valence electrons. The van der Waals surface area contributed by atoms with E-state index in [1.807, 2.05) is 0 Å². The summed E-state index contributed by atoms with van der Waals surface area (Å²) in [5.41, 5.74) is 0. The molecule has 0 aromatic carbocycles. The third-order valence-electron chi connectivity index (χ3n) is 1.21. The Balaban J connectivity index is 2.75. The number of anilines is 1. The van der Waals surface area contributed by atoms with Crippen LogP contribution in [0.25, 0.3) is 0 Å². The Hall–Kier alpha value is -1.06. The molecule has 0 aliphatic rings. The van der Waals surface area contributed by atoms with Gasteiger partial charge in [-0.15, -0.1) is 0 Å². The molecule has 1 aromatic heterocycles. The van der Waals surface area contributed by atoms with Crippen molar-refractivity contribution in [1.82, 2.24) is 4.98 Å². The number of carbonyl (C=O) groups is 1. The largest absolute Gasteiger partial charge is 0.306 e. The van der Waals surface area contributed by atoms with Crippen molar-refractivity contribution in [3.63, 3.8) is 0 Å². The summed E-state index contributed by atoms with van der Waals surface area (Å²) in [5, 5.41) is 2.81. The summed E-state index contributed by atoms with van der Waals surface area (Å²) in [6, 6.07) is 3.12. The zero-order valence-electron chi connectivity index (χ0n) is 6.55. The molecule has 1 rings (SSSR count). The average molecular weight is 217 g/mol. The third-order valence-corrected chi connectivity index (χ3v) is 1.62. The van der Waals surface area contributed by atoms with Gasteiger partial charge in [0.25, 0.3) is 5.91 Å². The van der Waals surface area contributed by atoms with Gasteiger partial charge < -0.3 is 5.32 Å². The first-order chi connectivity index (χ1) is 6.09. The second-order valence-electron chi connectivity index (χ2n) is 2.22. The minimum Gasteiger partial charge on any atom is -0.306 e. The lowest BCUT2D eigenvalue weighted by Crippen LogP contribution is -2.11. The van der Waals surface area contributed by atoms with Crippen LogP contribution in [-0.2, 0) is 4.79 Å². The molecule has 1 aromatic rings. The normalized spacial score (nSPS) is 9.38. The van der Waals surface area contributed by atoms with E-state index in [0.29, 0.717) is 10.8 Å². The van der Waals surface area contributed by atoms with E-state index in [4.69, 9.17) is 23.2 Å². The summed E-state index contributed by atoms with van der Waals surface area (Å²) in [5.74, 6) is -0.143. The van der Waals surface area contributed by atoms with Crippen LogP contribution in [-0.4, -0.2) is 10.9 Å². The molecule has 1 N–H and O–H groups in total. The van der Waals surface area contributed by atoms with E-state index >= 15 is 0 Å². The van der Waals surface area contributed by atoms with Crippen LogP contribution in [0, 0.1) is 0 Å². The molecule has 0 spiro atoms. The van der Waals surface area contributed by atoms with Crippen LogP contribution in [0.4, 0.5) is 5.82 Å². The van der Waals surface area contributed by atoms with Crippen molar-refractivity contribution in [2.45, 2.75) is 0 Å². The molecule has 0 saturated carbocycles. The van der Waals surface area contributed by atoms with Gasteiger partial charge in [-0.25, -0.2) is 4.98 Å². The minimum atomic E-state index is -0.489. The topological polar surface area (TPSA) is 42.0 Å². The fourth-order valence-corrected chi connectivity index (χ4v) is 0.864. The number of halogens is 2. The Kier molecular flexibility index (Phi) is 3.28. The predicted octanol–water partition coefficient (Wildman–Crippen LogP) is 2.43. The summed E-state index contributed by atoms with van der Waals surface area (Å²) in [4.78, 5) is 14.8. The molecule has 0 fully saturated rings. The van der Waals surface area contributed by atoms with Crippen LogP contribution in [0.15, 0.2) is 29.9 Å². The molecule has 1 amide bonds. The summed E-state index contributed by atoms with van der Waals surface area (Å²) >= 11 is 11.0. The number of hydrogen-bond donors (Lipinski definition) is 1. The van der Waals surface area contributed by atoms with Gasteiger partial charge in [0.1, 0.15) is 5.82 Å². The average Bonchev–Trinajstić information content (AvgIpc) is 2.04. The summed E-state index contributed by atoms with van der Waals surface area (Å²) in [7, 11) is 0. The van der Waals surface area contributed by atoms with Gasteiger partial charge in [0, 0.05) is 11.2 Å². The summed E-state index contributed by atoms with van der Waals surface area (Å²) in [6.45, 7) is 3.27. The van der Waals surface area contributed by atoms with Crippen LogP contribution in [0.5, 0.6) is 0 Å². The van der Waals surface area contributed by atoms with E-state index in [1.54, 1.807) is 6.07 Å². The molecule has 3 nitrogen and oxygen atoms in total. The Morgan fingerprint density at radius 2 is 2.31 bits per heavy atom. The van der Waals surface area contributed by atoms with E-state index in [-0.39, 0.29) is 5.03 Å². The predicted molar refractivity (Wildman–Crippen MR) is 52.9 cm³/mol. The molecule has 0 bridgehead atoms. The molecule has 0 unspecified atom stereocenters. The van der Waals surface area contributed by atoms with Gasteiger partial charge >= 0.3 is 0 Å². The summed E-state index contributed by atoms with van der Waals surface area (Å²) in [6.07, 6.45) is 1.48. The van der Waals surface area contributed by atoms with Crippen LogP contribution in [0.2, 0.25) is 5.02 Å². The Bertz CT molecular complexity index is 352. The van der Waals surface area contributed by atoms with E-state index in [1.165, 1.54) is 12.3 Å². The van der Waals surface area contributed by atoms with Gasteiger partial charge in [-0.2, -0.15) is 0 Å². The van der Waals surface area contributed by atoms with Gasteiger partial charge in [0.05, 0.1) is 5.03 Å². The second kappa shape index (κ2) is 4.25. The number of hydrogen-bond acceptors (Lipinski definition) is 2. The lowest BCUT2D eigenvalue weighted by molar-refractivity contribution is -0.112. The van der Waals surface area contributed by atoms with E-state index in [0.717, 1.165) is 0 Å². The molecule has 0 saturated heterocycles.